The van der Waals surface area contributed by atoms with Gasteiger partial charge in [0.25, 0.3) is 0 Å². The van der Waals surface area contributed by atoms with Gasteiger partial charge in [-0.15, -0.1) is 11.6 Å². The fraction of sp³-hybridized carbons (Fsp3) is 0.154. The minimum Gasteiger partial charge on any atom is -0.439 e. The molecule has 2 rings (SSSR count). The molecule has 0 saturated heterocycles. The van der Waals surface area contributed by atoms with E-state index >= 15 is 0 Å². The normalized spacial score (nSPS) is 10.4. The van der Waals surface area contributed by atoms with Gasteiger partial charge in [-0.25, -0.2) is 4.98 Å². The molecule has 0 amide bonds. The van der Waals surface area contributed by atoms with Gasteiger partial charge in [0, 0.05) is 23.7 Å². The zero-order chi connectivity index (χ0) is 13.1. The van der Waals surface area contributed by atoms with Gasteiger partial charge in [-0.05, 0) is 30.7 Å². The van der Waals surface area contributed by atoms with Crippen molar-refractivity contribution < 1.29 is 4.74 Å². The Labute approximate surface area is 120 Å². The van der Waals surface area contributed by atoms with Crippen molar-refractivity contribution >= 4 is 34.8 Å². The van der Waals surface area contributed by atoms with E-state index in [1.807, 2.05) is 13.0 Å². The molecule has 18 heavy (non-hydrogen) atoms. The van der Waals surface area contributed by atoms with Crippen LogP contribution in [0.3, 0.4) is 0 Å². The lowest BCUT2D eigenvalue weighted by molar-refractivity contribution is 0.461. The quantitative estimate of drug-likeness (QED) is 0.724. The molecule has 0 bridgehead atoms. The summed E-state index contributed by atoms with van der Waals surface area (Å²) in [4.78, 5) is 4.27. The van der Waals surface area contributed by atoms with E-state index in [4.69, 9.17) is 39.5 Å². The lowest BCUT2D eigenvalue weighted by Gasteiger charge is -2.08. The summed E-state index contributed by atoms with van der Waals surface area (Å²) in [6.07, 6.45) is 0. The van der Waals surface area contributed by atoms with Crippen molar-refractivity contribution in [3.63, 3.8) is 0 Å². The van der Waals surface area contributed by atoms with Crippen LogP contribution >= 0.6 is 34.8 Å². The monoisotopic (exact) mass is 301 g/mol. The first-order chi connectivity index (χ1) is 8.58. The summed E-state index contributed by atoms with van der Waals surface area (Å²) in [5.74, 6) is 1.49. The van der Waals surface area contributed by atoms with Gasteiger partial charge in [-0.3, -0.25) is 0 Å². The van der Waals surface area contributed by atoms with E-state index in [0.29, 0.717) is 27.6 Å². The summed E-state index contributed by atoms with van der Waals surface area (Å²) >= 11 is 17.6. The molecule has 94 valence electrons. The van der Waals surface area contributed by atoms with Gasteiger partial charge in [-0.2, -0.15) is 0 Å². The largest absolute Gasteiger partial charge is 0.439 e. The van der Waals surface area contributed by atoms with Crippen LogP contribution in [-0.4, -0.2) is 4.98 Å². The summed E-state index contributed by atoms with van der Waals surface area (Å²) in [7, 11) is 0. The summed E-state index contributed by atoms with van der Waals surface area (Å²) in [6.45, 7) is 1.89. The molecule has 1 aromatic carbocycles. The lowest BCUT2D eigenvalue weighted by atomic mass is 10.2. The molecular weight excluding hydrogens is 293 g/mol. The molecular formula is C13H10Cl3NO. The Balaban J connectivity index is 2.27. The number of hydrogen-bond donors (Lipinski definition) is 0. The Kier molecular flexibility index (Phi) is 4.33. The van der Waals surface area contributed by atoms with E-state index in [9.17, 15) is 0 Å². The molecule has 1 aromatic heterocycles. The fourth-order valence-electron chi connectivity index (χ4n) is 1.50. The average molecular weight is 303 g/mol. The molecule has 0 atom stereocenters. The van der Waals surface area contributed by atoms with Crippen molar-refractivity contribution in [3.05, 3.63) is 51.6 Å². The SMILES string of the molecule is Cc1cc(CCl)cc(Oc2ccc(Cl)c(Cl)c2)n1. The van der Waals surface area contributed by atoms with Crippen LogP contribution in [0, 0.1) is 6.92 Å². The van der Waals surface area contributed by atoms with Crippen LogP contribution in [0.2, 0.25) is 10.0 Å². The van der Waals surface area contributed by atoms with Gasteiger partial charge in [-0.1, -0.05) is 23.2 Å². The molecule has 2 aromatic rings. The third-order valence-electron chi connectivity index (χ3n) is 2.26. The molecule has 0 radical (unpaired) electrons. The van der Waals surface area contributed by atoms with E-state index in [2.05, 4.69) is 4.98 Å². The Bertz CT molecular complexity index is 572. The summed E-state index contributed by atoms with van der Waals surface area (Å²) in [5, 5.41) is 0.932. The Morgan fingerprint density at radius 3 is 2.56 bits per heavy atom. The first-order valence-corrected chi connectivity index (χ1v) is 6.54. The maximum Gasteiger partial charge on any atom is 0.219 e. The summed E-state index contributed by atoms with van der Waals surface area (Å²) in [6, 6.07) is 8.77. The zero-order valence-electron chi connectivity index (χ0n) is 9.58. The standard InChI is InChI=1S/C13H10Cl3NO/c1-8-4-9(7-14)5-13(17-8)18-10-2-3-11(15)12(16)6-10/h2-6H,7H2,1H3. The Morgan fingerprint density at radius 2 is 1.89 bits per heavy atom. The smallest absolute Gasteiger partial charge is 0.219 e. The fourth-order valence-corrected chi connectivity index (χ4v) is 1.94. The first-order valence-electron chi connectivity index (χ1n) is 5.25. The summed E-state index contributed by atoms with van der Waals surface area (Å²) < 4.78 is 5.62. The van der Waals surface area contributed by atoms with Gasteiger partial charge in [0.05, 0.1) is 10.0 Å². The molecule has 1 heterocycles. The predicted octanol–water partition coefficient (Wildman–Crippen LogP) is 5.23. The third kappa shape index (κ3) is 3.29. The molecule has 0 aliphatic heterocycles. The highest BCUT2D eigenvalue weighted by atomic mass is 35.5. The predicted molar refractivity (Wildman–Crippen MR) is 75.1 cm³/mol. The van der Waals surface area contributed by atoms with Gasteiger partial charge in [0.2, 0.25) is 5.88 Å². The van der Waals surface area contributed by atoms with Crippen LogP contribution < -0.4 is 4.74 Å². The van der Waals surface area contributed by atoms with E-state index in [1.54, 1.807) is 24.3 Å². The van der Waals surface area contributed by atoms with Crippen molar-refractivity contribution in [2.75, 3.05) is 0 Å². The minimum absolute atomic E-state index is 0.418. The molecule has 0 saturated carbocycles. The molecule has 0 N–H and O–H groups in total. The number of hydrogen-bond acceptors (Lipinski definition) is 2. The second-order valence-corrected chi connectivity index (χ2v) is 4.85. The van der Waals surface area contributed by atoms with Gasteiger partial charge in [0.1, 0.15) is 5.75 Å². The molecule has 5 heteroatoms. The van der Waals surface area contributed by atoms with Gasteiger partial charge < -0.3 is 4.74 Å². The highest BCUT2D eigenvalue weighted by Crippen LogP contribution is 2.29. The van der Waals surface area contributed by atoms with Crippen LogP contribution in [0.25, 0.3) is 0 Å². The highest BCUT2D eigenvalue weighted by molar-refractivity contribution is 6.42. The maximum absolute atomic E-state index is 5.92. The van der Waals surface area contributed by atoms with Crippen molar-refractivity contribution in [3.8, 4) is 11.6 Å². The molecule has 0 aliphatic carbocycles. The van der Waals surface area contributed by atoms with Crippen molar-refractivity contribution in [2.24, 2.45) is 0 Å². The minimum atomic E-state index is 0.418. The number of nitrogens with zero attached hydrogens (tertiary/aromatic N) is 1. The molecule has 2 nitrogen and oxygen atoms in total. The lowest BCUT2D eigenvalue weighted by Crippen LogP contribution is -1.92. The van der Waals surface area contributed by atoms with E-state index < -0.39 is 0 Å². The Hall–Kier alpha value is -0.960. The van der Waals surface area contributed by atoms with Gasteiger partial charge in [0.15, 0.2) is 0 Å². The van der Waals surface area contributed by atoms with E-state index in [-0.39, 0.29) is 0 Å². The van der Waals surface area contributed by atoms with E-state index in [0.717, 1.165) is 11.3 Å². The van der Waals surface area contributed by atoms with Crippen LogP contribution in [0.15, 0.2) is 30.3 Å². The molecule has 0 aliphatic rings. The number of alkyl halides is 1. The third-order valence-corrected chi connectivity index (χ3v) is 3.31. The number of aryl methyl sites for hydroxylation is 1. The van der Waals surface area contributed by atoms with E-state index in [1.165, 1.54) is 0 Å². The van der Waals surface area contributed by atoms with Crippen LogP contribution in [0.4, 0.5) is 0 Å². The van der Waals surface area contributed by atoms with Crippen LogP contribution in [0.5, 0.6) is 11.6 Å². The van der Waals surface area contributed by atoms with Crippen LogP contribution in [-0.2, 0) is 5.88 Å². The number of ether oxygens (including phenoxy) is 1. The Morgan fingerprint density at radius 1 is 1.11 bits per heavy atom. The number of halogens is 3. The number of benzene rings is 1. The second kappa shape index (κ2) is 5.79. The zero-order valence-corrected chi connectivity index (χ0v) is 11.9. The summed E-state index contributed by atoms with van der Waals surface area (Å²) in [5.41, 5.74) is 1.81. The number of aromatic nitrogens is 1. The van der Waals surface area contributed by atoms with Crippen molar-refractivity contribution in [1.82, 2.24) is 4.98 Å². The van der Waals surface area contributed by atoms with Gasteiger partial charge >= 0.3 is 0 Å². The maximum atomic E-state index is 5.92. The molecule has 0 spiro atoms. The molecule has 0 fully saturated rings. The second-order valence-electron chi connectivity index (χ2n) is 3.77. The van der Waals surface area contributed by atoms with Crippen molar-refractivity contribution in [2.45, 2.75) is 12.8 Å². The van der Waals surface area contributed by atoms with Crippen LogP contribution in [0.1, 0.15) is 11.3 Å². The molecule has 0 unspecified atom stereocenters. The number of rotatable bonds is 3. The van der Waals surface area contributed by atoms with Crippen molar-refractivity contribution in [1.29, 1.82) is 0 Å². The average Bonchev–Trinajstić information content (AvgIpc) is 2.33. The first kappa shape index (κ1) is 13.5. The highest BCUT2D eigenvalue weighted by Gasteiger charge is 2.05. The number of pyridine rings is 1. The topological polar surface area (TPSA) is 22.1 Å².